The molecule has 1 aliphatic heterocycles. The van der Waals surface area contributed by atoms with Crippen LogP contribution in [0.25, 0.3) is 43.7 Å². The van der Waals surface area contributed by atoms with Crippen LogP contribution >= 0.6 is 11.3 Å². The second kappa shape index (κ2) is 21.6. The molecule has 0 unspecified atom stereocenters. The number of nitrogens with one attached hydrogen (secondary N) is 4. The molecule has 4 aromatic heterocycles. The number of aryl methyl sites for hydroxylation is 2. The molecule has 5 heterocycles. The Morgan fingerprint density at radius 3 is 2.44 bits per heavy atom. The summed E-state index contributed by atoms with van der Waals surface area (Å²) in [6.07, 6.45) is 5.61. The van der Waals surface area contributed by atoms with E-state index in [1.807, 2.05) is 58.2 Å². The molecule has 1 fully saturated rings. The summed E-state index contributed by atoms with van der Waals surface area (Å²) in [6, 6.07) is 16.7. The van der Waals surface area contributed by atoms with Crippen molar-refractivity contribution in [1.82, 2.24) is 45.5 Å². The van der Waals surface area contributed by atoms with E-state index in [1.165, 1.54) is 24.0 Å². The number of aliphatic hydroxyl groups is 1. The van der Waals surface area contributed by atoms with Crippen LogP contribution in [0.3, 0.4) is 0 Å². The Morgan fingerprint density at radius 1 is 1.00 bits per heavy atom. The summed E-state index contributed by atoms with van der Waals surface area (Å²) in [5, 5.41) is 29.3. The molecule has 72 heavy (non-hydrogen) atoms. The third-order valence-electron chi connectivity index (χ3n) is 12.5. The van der Waals surface area contributed by atoms with Crippen LogP contribution in [0.4, 0.5) is 15.9 Å². The zero-order chi connectivity index (χ0) is 51.3. The van der Waals surface area contributed by atoms with Gasteiger partial charge >= 0.3 is 0 Å². The van der Waals surface area contributed by atoms with Crippen LogP contribution in [-0.4, -0.2) is 96.6 Å². The lowest BCUT2D eigenvalue weighted by Crippen LogP contribution is -2.57. The molecular formula is C51H58FN11O7S2. The number of β-amino-alcohol motifs (C(OH)–C–C–N with tert-alkyl or cyclic N) is 1. The van der Waals surface area contributed by atoms with Gasteiger partial charge in [-0.15, -0.1) is 11.3 Å². The van der Waals surface area contributed by atoms with Gasteiger partial charge in [-0.3, -0.25) is 28.9 Å². The summed E-state index contributed by atoms with van der Waals surface area (Å²) in [5.41, 5.74) is 14.4. The Bertz CT molecular complexity index is 3190. The van der Waals surface area contributed by atoms with Gasteiger partial charge < -0.3 is 31.1 Å². The summed E-state index contributed by atoms with van der Waals surface area (Å²) in [7, 11) is -3.66. The molecule has 21 heteroatoms. The van der Waals surface area contributed by atoms with Crippen LogP contribution in [0.15, 0.2) is 90.8 Å². The molecule has 0 radical (unpaired) electrons. The number of carbonyl (C=O) groups is 3. The highest BCUT2D eigenvalue weighted by Crippen LogP contribution is 2.39. The fourth-order valence-corrected chi connectivity index (χ4v) is 9.99. The predicted octanol–water partition coefficient (Wildman–Crippen LogP) is 6.96. The van der Waals surface area contributed by atoms with Crippen LogP contribution < -0.4 is 25.8 Å². The molecule has 0 aliphatic carbocycles. The van der Waals surface area contributed by atoms with E-state index in [-0.39, 0.29) is 67.4 Å². The lowest BCUT2D eigenvalue weighted by atomic mass is 9.85. The van der Waals surface area contributed by atoms with E-state index in [4.69, 9.17) is 10.5 Å². The lowest BCUT2D eigenvalue weighted by Gasteiger charge is -2.35. The first kappa shape index (κ1) is 51.1. The number of carbonyl (C=O) groups excluding carboxylic acids is 3. The molecule has 7 aromatic rings. The van der Waals surface area contributed by atoms with Crippen LogP contribution in [0.1, 0.15) is 70.2 Å². The smallest absolute Gasteiger partial charge is 0.246 e. The summed E-state index contributed by atoms with van der Waals surface area (Å²) < 4.78 is 49.1. The van der Waals surface area contributed by atoms with Crippen LogP contribution in [0.2, 0.25) is 0 Å². The summed E-state index contributed by atoms with van der Waals surface area (Å²) in [4.78, 5) is 52.4. The molecule has 7 N–H and O–H groups in total. The second-order valence-corrected chi connectivity index (χ2v) is 21.8. The number of unbranched alkanes of at least 4 members (excludes halogenated alkanes) is 1. The van der Waals surface area contributed by atoms with E-state index in [1.54, 1.807) is 64.3 Å². The third kappa shape index (κ3) is 11.9. The predicted molar refractivity (Wildman–Crippen MR) is 274 cm³/mol. The zero-order valence-electron chi connectivity index (χ0n) is 40.6. The average molecular weight is 1020 g/mol. The maximum Gasteiger partial charge on any atom is 0.246 e. The van der Waals surface area contributed by atoms with E-state index in [9.17, 15) is 32.3 Å². The van der Waals surface area contributed by atoms with Crippen molar-refractivity contribution in [2.45, 2.75) is 98.2 Å². The number of anilines is 2. The quantitative estimate of drug-likeness (QED) is 0.0450. The van der Waals surface area contributed by atoms with Crippen molar-refractivity contribution in [2.75, 3.05) is 22.8 Å². The fraction of sp³-hybridized carbons (Fsp3) is 0.353. The van der Waals surface area contributed by atoms with Gasteiger partial charge in [-0.05, 0) is 73.1 Å². The molecule has 18 nitrogen and oxygen atoms in total. The number of nitrogen functional groups attached to an aromatic ring is 1. The number of aromatic amines is 1. The number of rotatable bonds is 19. The number of sulfonamides is 1. The Labute approximate surface area is 420 Å². The number of amides is 3. The molecule has 378 valence electrons. The SMILES string of the molecule is CCS(=O)(=O)Nc1ccc(-c2n[nH]c3c(-c4cnn(CCCCC(=O)N[C@H](C(=O)N5C[C@H](O)C[C@H]5C(=O)NCc5ccc(-c6scnc6C)cc5)C(C)(C)C)c4)cnc(N)c23)cc1OCc1ccc(F)cc1. The third-order valence-corrected chi connectivity index (χ3v) is 14.8. The second-order valence-electron chi connectivity index (χ2n) is 18.9. The van der Waals surface area contributed by atoms with Gasteiger partial charge in [0.15, 0.2) is 0 Å². The van der Waals surface area contributed by atoms with Crippen molar-refractivity contribution in [3.63, 3.8) is 0 Å². The van der Waals surface area contributed by atoms with E-state index < -0.39 is 45.4 Å². The Kier molecular flexibility index (Phi) is 15.4. The molecule has 0 bridgehead atoms. The molecule has 3 aromatic carbocycles. The van der Waals surface area contributed by atoms with Crippen molar-refractivity contribution < 1.29 is 37.0 Å². The van der Waals surface area contributed by atoms with E-state index in [0.29, 0.717) is 52.7 Å². The van der Waals surface area contributed by atoms with E-state index in [2.05, 4.69) is 40.6 Å². The molecule has 1 aliphatic rings. The van der Waals surface area contributed by atoms with Crippen LogP contribution in [0.5, 0.6) is 5.75 Å². The minimum Gasteiger partial charge on any atom is -0.487 e. The molecule has 0 spiro atoms. The standard InChI is InChI=1S/C51H58FN11O7S2/c1-6-72(68,69)61-39-19-16-34(21-41(39)70-28-32-12-17-36(52)18-13-32)44-43-45(60-59-44)38(25-54-48(43)53)35-24-57-62(26-35)20-8-7-9-42(65)58-47(51(3,4)5)50(67)63-27-37(64)22-40(63)49(66)55-23-31-10-14-33(15-11-31)46-30(2)56-29-71-46/h10-19,21,24-26,29,37,40,47,61,64H,6-9,20,22-23,27-28H2,1-5H3,(H2,53,54)(H,55,66)(H,58,65)(H,59,60)/t37-,40+,47-/m1/s1. The molecule has 3 amide bonds. The van der Waals surface area contributed by atoms with E-state index >= 15 is 0 Å². The summed E-state index contributed by atoms with van der Waals surface area (Å²) >= 11 is 1.57. The first-order valence-corrected chi connectivity index (χ1v) is 26.1. The maximum atomic E-state index is 14.2. The van der Waals surface area contributed by atoms with Gasteiger partial charge in [-0.1, -0.05) is 63.2 Å². The van der Waals surface area contributed by atoms with Gasteiger partial charge in [-0.25, -0.2) is 22.8 Å². The molecule has 3 atom stereocenters. The number of likely N-dealkylation sites (tertiary alicyclic amines) is 1. The number of H-pyrrole nitrogens is 1. The first-order chi connectivity index (χ1) is 34.4. The van der Waals surface area contributed by atoms with Crippen molar-refractivity contribution in [3.8, 4) is 38.6 Å². The van der Waals surface area contributed by atoms with Crippen molar-refractivity contribution in [3.05, 3.63) is 113 Å². The Balaban J connectivity index is 0.876. The molecular weight excluding hydrogens is 962 g/mol. The normalized spacial score (nSPS) is 15.4. The molecule has 8 rings (SSSR count). The number of aliphatic hydroxyl groups excluding tert-OH is 1. The van der Waals surface area contributed by atoms with Crippen molar-refractivity contribution >= 4 is 61.5 Å². The van der Waals surface area contributed by atoms with Crippen LogP contribution in [0, 0.1) is 18.2 Å². The number of benzene rings is 3. The number of hydrogen-bond donors (Lipinski definition) is 6. The van der Waals surface area contributed by atoms with Crippen molar-refractivity contribution in [1.29, 1.82) is 0 Å². The van der Waals surface area contributed by atoms with Gasteiger partial charge in [0, 0.05) is 61.6 Å². The molecule has 1 saturated heterocycles. The average Bonchev–Trinajstić information content (AvgIpc) is 4.19. The monoisotopic (exact) mass is 1020 g/mol. The number of halogens is 1. The van der Waals surface area contributed by atoms with E-state index in [0.717, 1.165) is 27.3 Å². The number of pyridine rings is 1. The van der Waals surface area contributed by atoms with Crippen LogP contribution in [-0.2, 0) is 44.1 Å². The maximum absolute atomic E-state index is 14.2. The number of ether oxygens (including phenoxy) is 1. The number of nitrogens with zero attached hydrogens (tertiary/aromatic N) is 6. The number of thiazole rings is 1. The highest BCUT2D eigenvalue weighted by Gasteiger charge is 2.44. The summed E-state index contributed by atoms with van der Waals surface area (Å²) in [6.45, 7) is 9.79. The van der Waals surface area contributed by atoms with Gasteiger partial charge in [0.25, 0.3) is 0 Å². The topological polar surface area (TPSA) is 252 Å². The van der Waals surface area contributed by atoms with Gasteiger partial charge in [0.05, 0.1) is 50.7 Å². The zero-order valence-corrected chi connectivity index (χ0v) is 42.2. The number of fused-ring (bicyclic) bond motifs is 1. The highest BCUT2D eigenvalue weighted by molar-refractivity contribution is 7.92. The fourth-order valence-electron chi connectivity index (χ4n) is 8.53. The largest absolute Gasteiger partial charge is 0.487 e. The minimum absolute atomic E-state index is 0.0221. The van der Waals surface area contributed by atoms with Gasteiger partial charge in [0.2, 0.25) is 27.7 Å². The minimum atomic E-state index is -3.66. The number of nitrogens with two attached hydrogens (primary N) is 1. The number of aromatic nitrogens is 6. The Hall–Kier alpha value is -7.23. The number of hydrogen-bond acceptors (Lipinski definition) is 13. The Morgan fingerprint density at radius 2 is 1.74 bits per heavy atom. The lowest BCUT2D eigenvalue weighted by molar-refractivity contribution is -0.144. The summed E-state index contributed by atoms with van der Waals surface area (Å²) in [5.74, 6) is -1.22. The van der Waals surface area contributed by atoms with Gasteiger partial charge in [-0.2, -0.15) is 10.2 Å². The van der Waals surface area contributed by atoms with Crippen molar-refractivity contribution in [2.24, 2.45) is 5.41 Å². The first-order valence-electron chi connectivity index (χ1n) is 23.6. The van der Waals surface area contributed by atoms with Gasteiger partial charge in [0.1, 0.15) is 41.8 Å². The molecule has 0 saturated carbocycles. The highest BCUT2D eigenvalue weighted by atomic mass is 32.2.